The normalized spacial score (nSPS) is 10.6. The van der Waals surface area contributed by atoms with E-state index in [1.807, 2.05) is 29.7 Å². The van der Waals surface area contributed by atoms with Gasteiger partial charge in [0.15, 0.2) is 11.0 Å². The highest BCUT2D eigenvalue weighted by atomic mass is 32.2. The van der Waals surface area contributed by atoms with Crippen molar-refractivity contribution in [1.82, 2.24) is 19.7 Å². The first kappa shape index (κ1) is 17.1. The highest BCUT2D eigenvalue weighted by molar-refractivity contribution is 7.99. The number of benzene rings is 1. The summed E-state index contributed by atoms with van der Waals surface area (Å²) in [6.07, 6.45) is 1.69. The molecule has 6 nitrogen and oxygen atoms in total. The minimum Gasteiger partial charge on any atom is -0.323 e. The number of para-hydroxylation sites is 1. The number of hydrogen-bond donors (Lipinski definition) is 1. The maximum absolute atomic E-state index is 13.6. The van der Waals surface area contributed by atoms with Crippen LogP contribution in [0.15, 0.2) is 53.8 Å². The summed E-state index contributed by atoms with van der Waals surface area (Å²) >= 11 is 1.25. The highest BCUT2D eigenvalue weighted by Crippen LogP contribution is 2.23. The topological polar surface area (TPSA) is 72.7 Å². The van der Waals surface area contributed by atoms with Crippen LogP contribution in [-0.2, 0) is 11.3 Å². The van der Waals surface area contributed by atoms with E-state index >= 15 is 0 Å². The number of rotatable bonds is 6. The molecule has 0 radical (unpaired) electrons. The number of amides is 1. The van der Waals surface area contributed by atoms with Crippen LogP contribution in [0.1, 0.15) is 6.92 Å². The zero-order chi connectivity index (χ0) is 17.6. The van der Waals surface area contributed by atoms with E-state index < -0.39 is 5.82 Å². The number of thioether (sulfide) groups is 1. The molecule has 0 spiro atoms. The van der Waals surface area contributed by atoms with Gasteiger partial charge in [0, 0.05) is 12.7 Å². The molecular formula is C17H16FN5OS. The average Bonchev–Trinajstić information content (AvgIpc) is 3.05. The van der Waals surface area contributed by atoms with E-state index in [9.17, 15) is 9.18 Å². The molecule has 2 aromatic heterocycles. The Hall–Kier alpha value is -2.74. The summed E-state index contributed by atoms with van der Waals surface area (Å²) in [4.78, 5) is 16.3. The van der Waals surface area contributed by atoms with Gasteiger partial charge in [0.25, 0.3) is 0 Å². The van der Waals surface area contributed by atoms with Crippen molar-refractivity contribution in [3.8, 4) is 11.5 Å². The number of aromatic nitrogens is 4. The first-order valence-electron chi connectivity index (χ1n) is 7.71. The first-order chi connectivity index (χ1) is 12.2. The van der Waals surface area contributed by atoms with E-state index in [4.69, 9.17) is 0 Å². The lowest BCUT2D eigenvalue weighted by Crippen LogP contribution is -2.15. The fourth-order valence-electron chi connectivity index (χ4n) is 2.24. The van der Waals surface area contributed by atoms with Crippen LogP contribution in [0.25, 0.3) is 11.5 Å². The van der Waals surface area contributed by atoms with Crippen molar-refractivity contribution >= 4 is 23.4 Å². The Morgan fingerprint density at radius 1 is 1.20 bits per heavy atom. The second-order valence-electron chi connectivity index (χ2n) is 5.08. The number of nitrogens with zero attached hydrogens (tertiary/aromatic N) is 4. The zero-order valence-corrected chi connectivity index (χ0v) is 14.3. The molecule has 1 amide bonds. The summed E-state index contributed by atoms with van der Waals surface area (Å²) in [5.41, 5.74) is 0.888. The van der Waals surface area contributed by atoms with Gasteiger partial charge in [-0.15, -0.1) is 10.2 Å². The Bertz CT molecular complexity index is 868. The average molecular weight is 357 g/mol. The van der Waals surface area contributed by atoms with Gasteiger partial charge < -0.3 is 9.88 Å². The molecule has 0 bridgehead atoms. The van der Waals surface area contributed by atoms with E-state index in [1.165, 1.54) is 23.9 Å². The molecule has 3 aromatic rings. The number of carbonyl (C=O) groups is 1. The van der Waals surface area contributed by atoms with Gasteiger partial charge in [-0.2, -0.15) is 0 Å². The molecule has 1 N–H and O–H groups in total. The maximum Gasteiger partial charge on any atom is 0.234 e. The first-order valence-corrected chi connectivity index (χ1v) is 8.69. The van der Waals surface area contributed by atoms with Gasteiger partial charge in [-0.3, -0.25) is 9.78 Å². The van der Waals surface area contributed by atoms with Crippen LogP contribution in [0.2, 0.25) is 0 Å². The summed E-state index contributed by atoms with van der Waals surface area (Å²) in [6.45, 7) is 2.62. The van der Waals surface area contributed by atoms with Crippen LogP contribution in [0.3, 0.4) is 0 Å². The Labute approximate surface area is 148 Å². The van der Waals surface area contributed by atoms with Gasteiger partial charge >= 0.3 is 0 Å². The van der Waals surface area contributed by atoms with Crippen LogP contribution in [0, 0.1) is 5.82 Å². The smallest absolute Gasteiger partial charge is 0.234 e. The summed E-state index contributed by atoms with van der Waals surface area (Å²) in [6, 6.07) is 11.6. The summed E-state index contributed by atoms with van der Waals surface area (Å²) < 4.78 is 15.5. The highest BCUT2D eigenvalue weighted by Gasteiger charge is 2.15. The third-order valence-electron chi connectivity index (χ3n) is 3.41. The maximum atomic E-state index is 13.6. The van der Waals surface area contributed by atoms with Crippen LogP contribution in [0.4, 0.5) is 10.1 Å². The molecule has 2 heterocycles. The standard InChI is InChI=1S/C17H16FN5OS/c1-2-23-16(14-9-5-6-10-19-14)21-22-17(23)25-11-15(24)20-13-8-4-3-7-12(13)18/h3-10H,2,11H2,1H3,(H,20,24). The molecule has 128 valence electrons. The quantitative estimate of drug-likeness (QED) is 0.686. The SMILES string of the molecule is CCn1c(SCC(=O)Nc2ccccc2F)nnc1-c1ccccn1. The van der Waals surface area contributed by atoms with Crippen LogP contribution in [0.5, 0.6) is 0 Å². The molecule has 0 aliphatic heterocycles. The number of halogens is 1. The molecule has 0 saturated heterocycles. The lowest BCUT2D eigenvalue weighted by Gasteiger charge is -2.08. The number of hydrogen-bond acceptors (Lipinski definition) is 5. The molecule has 0 unspecified atom stereocenters. The molecule has 8 heteroatoms. The Balaban J connectivity index is 1.68. The number of pyridine rings is 1. The van der Waals surface area contributed by atoms with Crippen molar-refractivity contribution in [1.29, 1.82) is 0 Å². The number of carbonyl (C=O) groups excluding carboxylic acids is 1. The van der Waals surface area contributed by atoms with E-state index in [0.717, 1.165) is 5.69 Å². The van der Waals surface area contributed by atoms with Crippen LogP contribution < -0.4 is 5.32 Å². The lowest BCUT2D eigenvalue weighted by atomic mass is 10.3. The van der Waals surface area contributed by atoms with Crippen molar-refractivity contribution in [2.24, 2.45) is 0 Å². The van der Waals surface area contributed by atoms with E-state index in [-0.39, 0.29) is 17.3 Å². The molecule has 0 saturated carbocycles. The second-order valence-corrected chi connectivity index (χ2v) is 6.02. The number of nitrogens with one attached hydrogen (secondary N) is 1. The Morgan fingerprint density at radius 3 is 2.72 bits per heavy atom. The van der Waals surface area contributed by atoms with E-state index in [2.05, 4.69) is 20.5 Å². The van der Waals surface area contributed by atoms with Gasteiger partial charge in [-0.05, 0) is 31.2 Å². The molecule has 25 heavy (non-hydrogen) atoms. The molecule has 0 fully saturated rings. The van der Waals surface area contributed by atoms with Gasteiger partial charge in [0.1, 0.15) is 11.5 Å². The predicted molar refractivity (Wildman–Crippen MR) is 94.7 cm³/mol. The molecule has 0 atom stereocenters. The molecule has 0 aliphatic rings. The van der Waals surface area contributed by atoms with Crippen molar-refractivity contribution in [2.75, 3.05) is 11.1 Å². The Kier molecular flexibility index (Phi) is 5.39. The van der Waals surface area contributed by atoms with Crippen molar-refractivity contribution in [3.05, 3.63) is 54.5 Å². The predicted octanol–water partition coefficient (Wildman–Crippen LogP) is 3.23. The van der Waals surface area contributed by atoms with Crippen molar-refractivity contribution in [3.63, 3.8) is 0 Å². The fraction of sp³-hybridized carbons (Fsp3) is 0.176. The molecule has 3 rings (SSSR count). The van der Waals surface area contributed by atoms with Gasteiger partial charge in [-0.25, -0.2) is 4.39 Å². The summed E-state index contributed by atoms with van der Waals surface area (Å²) in [7, 11) is 0. The minimum absolute atomic E-state index is 0.106. The minimum atomic E-state index is -0.463. The zero-order valence-electron chi connectivity index (χ0n) is 13.5. The third kappa shape index (κ3) is 4.03. The number of anilines is 1. The van der Waals surface area contributed by atoms with Gasteiger partial charge in [-0.1, -0.05) is 30.0 Å². The second kappa shape index (κ2) is 7.89. The Morgan fingerprint density at radius 2 is 2.00 bits per heavy atom. The van der Waals surface area contributed by atoms with E-state index in [1.54, 1.807) is 18.3 Å². The summed E-state index contributed by atoms with van der Waals surface area (Å²) in [5.74, 6) is -0.00966. The van der Waals surface area contributed by atoms with Crippen molar-refractivity contribution in [2.45, 2.75) is 18.6 Å². The van der Waals surface area contributed by atoms with E-state index in [0.29, 0.717) is 17.5 Å². The van der Waals surface area contributed by atoms with Crippen LogP contribution in [-0.4, -0.2) is 31.4 Å². The monoisotopic (exact) mass is 357 g/mol. The summed E-state index contributed by atoms with van der Waals surface area (Å²) in [5, 5.41) is 11.5. The molecular weight excluding hydrogens is 341 g/mol. The van der Waals surface area contributed by atoms with Crippen molar-refractivity contribution < 1.29 is 9.18 Å². The lowest BCUT2D eigenvalue weighted by molar-refractivity contribution is -0.113. The third-order valence-corrected chi connectivity index (χ3v) is 4.37. The molecule has 0 aliphatic carbocycles. The largest absolute Gasteiger partial charge is 0.323 e. The van der Waals surface area contributed by atoms with Crippen LogP contribution >= 0.6 is 11.8 Å². The fourth-order valence-corrected chi connectivity index (χ4v) is 3.05. The molecule has 1 aromatic carbocycles. The van der Waals surface area contributed by atoms with Gasteiger partial charge in [0.05, 0.1) is 11.4 Å². The van der Waals surface area contributed by atoms with Gasteiger partial charge in [0.2, 0.25) is 5.91 Å².